The Balaban J connectivity index is 2.37. The molecule has 2 aromatic rings. The van der Waals surface area contributed by atoms with E-state index in [1.54, 1.807) is 49.5 Å². The van der Waals surface area contributed by atoms with E-state index in [9.17, 15) is 4.79 Å². The Labute approximate surface area is 110 Å². The largest absolute Gasteiger partial charge is 0.384 e. The number of aromatic nitrogens is 1. The summed E-state index contributed by atoms with van der Waals surface area (Å²) >= 11 is 0. The van der Waals surface area contributed by atoms with E-state index in [0.717, 1.165) is 0 Å². The van der Waals surface area contributed by atoms with Gasteiger partial charge in [0.05, 0.1) is 11.3 Å². The van der Waals surface area contributed by atoms with Gasteiger partial charge in [-0.15, -0.1) is 0 Å². The van der Waals surface area contributed by atoms with Crippen LogP contribution in [0.15, 0.2) is 42.5 Å². The van der Waals surface area contributed by atoms with Crippen LogP contribution in [0.25, 0.3) is 0 Å². The van der Waals surface area contributed by atoms with Gasteiger partial charge in [0.15, 0.2) is 0 Å². The molecule has 0 bridgehead atoms. The van der Waals surface area contributed by atoms with Crippen molar-refractivity contribution in [2.75, 3.05) is 17.7 Å². The van der Waals surface area contributed by atoms with Crippen molar-refractivity contribution < 1.29 is 4.79 Å². The molecule has 1 aromatic carbocycles. The first-order valence-electron chi connectivity index (χ1n) is 5.63. The van der Waals surface area contributed by atoms with Crippen molar-refractivity contribution in [3.8, 4) is 6.07 Å². The predicted molar refractivity (Wildman–Crippen MR) is 72.5 cm³/mol. The number of carbonyl (C=O) groups is 1. The van der Waals surface area contributed by atoms with Gasteiger partial charge in [-0.05, 0) is 24.3 Å². The number of amides is 1. The fourth-order valence-corrected chi connectivity index (χ4v) is 1.71. The maximum atomic E-state index is 12.3. The molecule has 0 aliphatic heterocycles. The van der Waals surface area contributed by atoms with Gasteiger partial charge in [0.2, 0.25) is 0 Å². The predicted octanol–water partition coefficient (Wildman–Crippen LogP) is 1.81. The molecule has 5 nitrogen and oxygen atoms in total. The van der Waals surface area contributed by atoms with Crippen LogP contribution in [0.5, 0.6) is 0 Å². The second-order valence-electron chi connectivity index (χ2n) is 3.94. The summed E-state index contributed by atoms with van der Waals surface area (Å²) in [5.41, 5.74) is 6.78. The Morgan fingerprint density at radius 3 is 2.68 bits per heavy atom. The van der Waals surface area contributed by atoms with Gasteiger partial charge in [-0.25, -0.2) is 4.98 Å². The van der Waals surface area contributed by atoms with Gasteiger partial charge in [-0.3, -0.25) is 4.79 Å². The van der Waals surface area contributed by atoms with E-state index in [1.807, 2.05) is 0 Å². The minimum absolute atomic E-state index is 0.246. The molecule has 2 rings (SSSR count). The van der Waals surface area contributed by atoms with Gasteiger partial charge in [0.1, 0.15) is 17.6 Å². The van der Waals surface area contributed by atoms with E-state index in [2.05, 4.69) is 11.1 Å². The summed E-state index contributed by atoms with van der Waals surface area (Å²) in [4.78, 5) is 17.6. The average molecular weight is 252 g/mol. The minimum atomic E-state index is -0.310. The van der Waals surface area contributed by atoms with E-state index < -0.39 is 0 Å². The summed E-state index contributed by atoms with van der Waals surface area (Å²) < 4.78 is 0. The van der Waals surface area contributed by atoms with Crippen LogP contribution in [0.2, 0.25) is 0 Å². The molecule has 19 heavy (non-hydrogen) atoms. The molecule has 1 aromatic heterocycles. The van der Waals surface area contributed by atoms with Crippen molar-refractivity contribution in [2.24, 2.45) is 0 Å². The molecule has 5 heteroatoms. The van der Waals surface area contributed by atoms with Gasteiger partial charge in [0.25, 0.3) is 5.91 Å². The number of pyridine rings is 1. The van der Waals surface area contributed by atoms with Crippen LogP contribution in [-0.2, 0) is 0 Å². The van der Waals surface area contributed by atoms with Crippen molar-refractivity contribution in [3.63, 3.8) is 0 Å². The van der Waals surface area contributed by atoms with E-state index in [0.29, 0.717) is 11.3 Å². The lowest BCUT2D eigenvalue weighted by Gasteiger charge is -2.18. The van der Waals surface area contributed by atoms with E-state index in [-0.39, 0.29) is 17.4 Å². The van der Waals surface area contributed by atoms with Crippen molar-refractivity contribution in [2.45, 2.75) is 0 Å². The van der Waals surface area contributed by atoms with Crippen LogP contribution in [-0.4, -0.2) is 17.9 Å². The molecule has 0 atom stereocenters. The van der Waals surface area contributed by atoms with Crippen LogP contribution < -0.4 is 10.6 Å². The average Bonchev–Trinajstić information content (AvgIpc) is 2.45. The Hall–Kier alpha value is -2.87. The first-order chi connectivity index (χ1) is 9.13. The molecule has 0 saturated carbocycles. The molecule has 1 amide bonds. The highest BCUT2D eigenvalue weighted by molar-refractivity contribution is 6.05. The number of nitrogen functional groups attached to an aromatic ring is 1. The summed E-state index contributed by atoms with van der Waals surface area (Å²) in [5.74, 6) is -0.0252. The summed E-state index contributed by atoms with van der Waals surface area (Å²) in [7, 11) is 1.60. The zero-order valence-corrected chi connectivity index (χ0v) is 10.4. The smallest absolute Gasteiger partial charge is 0.276 e. The molecule has 0 aliphatic carbocycles. The van der Waals surface area contributed by atoms with Crippen molar-refractivity contribution in [1.82, 2.24) is 4.98 Å². The second-order valence-corrected chi connectivity index (χ2v) is 3.94. The molecule has 2 N–H and O–H groups in total. The third-order valence-electron chi connectivity index (χ3n) is 2.68. The molecule has 0 saturated heterocycles. The Morgan fingerprint density at radius 1 is 1.26 bits per heavy atom. The lowest BCUT2D eigenvalue weighted by atomic mass is 10.1. The molecule has 94 valence electrons. The van der Waals surface area contributed by atoms with E-state index in [4.69, 9.17) is 11.0 Å². The molecule has 0 unspecified atom stereocenters. The first-order valence-corrected chi connectivity index (χ1v) is 5.63. The second kappa shape index (κ2) is 5.19. The minimum Gasteiger partial charge on any atom is -0.384 e. The lowest BCUT2D eigenvalue weighted by Crippen LogP contribution is -2.27. The highest BCUT2D eigenvalue weighted by Crippen LogP contribution is 2.19. The molecular formula is C14H12N4O. The van der Waals surface area contributed by atoms with Gasteiger partial charge >= 0.3 is 0 Å². The third-order valence-corrected chi connectivity index (χ3v) is 2.68. The number of nitrogens with zero attached hydrogens (tertiary/aromatic N) is 3. The zero-order chi connectivity index (χ0) is 13.8. The number of hydrogen-bond acceptors (Lipinski definition) is 4. The Kier molecular flexibility index (Phi) is 3.44. The quantitative estimate of drug-likeness (QED) is 0.883. The van der Waals surface area contributed by atoms with Crippen LogP contribution >= 0.6 is 0 Å². The van der Waals surface area contributed by atoms with E-state index in [1.165, 1.54) is 4.90 Å². The summed E-state index contributed by atoms with van der Waals surface area (Å²) in [6.07, 6.45) is 0. The summed E-state index contributed by atoms with van der Waals surface area (Å²) in [6.45, 7) is 0. The number of hydrogen-bond donors (Lipinski definition) is 1. The normalized spacial score (nSPS) is 9.68. The Bertz CT molecular complexity index is 660. The SMILES string of the molecule is CN(C(=O)c1cccc(N)n1)c1ccccc1C#N. The van der Waals surface area contributed by atoms with Gasteiger partial charge in [0, 0.05) is 7.05 Å². The number of rotatable bonds is 2. The van der Waals surface area contributed by atoms with Crippen LogP contribution in [0.4, 0.5) is 11.5 Å². The van der Waals surface area contributed by atoms with Gasteiger partial charge in [-0.2, -0.15) is 5.26 Å². The van der Waals surface area contributed by atoms with Crippen molar-refractivity contribution >= 4 is 17.4 Å². The van der Waals surface area contributed by atoms with Crippen LogP contribution in [0, 0.1) is 11.3 Å². The van der Waals surface area contributed by atoms with E-state index >= 15 is 0 Å². The number of nitrogens with two attached hydrogens (primary N) is 1. The molecular weight excluding hydrogens is 240 g/mol. The standard InChI is InChI=1S/C14H12N4O/c1-18(12-7-3-2-5-10(12)9-15)14(19)11-6-4-8-13(16)17-11/h2-8H,1H3,(H2,16,17). The van der Waals surface area contributed by atoms with Crippen LogP contribution in [0.1, 0.15) is 16.1 Å². The third kappa shape index (κ3) is 2.53. The maximum absolute atomic E-state index is 12.3. The van der Waals surface area contributed by atoms with Gasteiger partial charge in [-0.1, -0.05) is 18.2 Å². The number of benzene rings is 1. The first kappa shape index (κ1) is 12.6. The fourth-order valence-electron chi connectivity index (χ4n) is 1.71. The maximum Gasteiger partial charge on any atom is 0.276 e. The molecule has 0 spiro atoms. The highest BCUT2D eigenvalue weighted by Gasteiger charge is 2.17. The van der Waals surface area contributed by atoms with Crippen molar-refractivity contribution in [1.29, 1.82) is 5.26 Å². The molecule has 0 aliphatic rings. The van der Waals surface area contributed by atoms with Gasteiger partial charge < -0.3 is 10.6 Å². The fraction of sp³-hybridized carbons (Fsp3) is 0.0714. The summed E-state index contributed by atoms with van der Waals surface area (Å²) in [5, 5.41) is 9.04. The highest BCUT2D eigenvalue weighted by atomic mass is 16.2. The summed E-state index contributed by atoms with van der Waals surface area (Å²) in [6, 6.07) is 13.8. The zero-order valence-electron chi connectivity index (χ0n) is 10.4. The Morgan fingerprint density at radius 2 is 2.00 bits per heavy atom. The molecule has 0 fully saturated rings. The number of para-hydroxylation sites is 1. The lowest BCUT2D eigenvalue weighted by molar-refractivity contribution is 0.0988. The number of nitriles is 1. The molecule has 1 heterocycles. The monoisotopic (exact) mass is 252 g/mol. The molecule has 0 radical (unpaired) electrons. The number of carbonyl (C=O) groups excluding carboxylic acids is 1. The topological polar surface area (TPSA) is 83.0 Å². The van der Waals surface area contributed by atoms with Crippen molar-refractivity contribution in [3.05, 3.63) is 53.7 Å². The number of anilines is 2. The van der Waals surface area contributed by atoms with Crippen LogP contribution in [0.3, 0.4) is 0 Å².